The summed E-state index contributed by atoms with van der Waals surface area (Å²) in [7, 11) is 0. The highest BCUT2D eigenvalue weighted by molar-refractivity contribution is 5.69. The van der Waals surface area contributed by atoms with E-state index in [9.17, 15) is 4.79 Å². The van der Waals surface area contributed by atoms with Gasteiger partial charge in [-0.3, -0.25) is 9.69 Å². The lowest BCUT2D eigenvalue weighted by molar-refractivity contribution is -0.141. The molecule has 0 bridgehead atoms. The molecule has 4 nitrogen and oxygen atoms in total. The summed E-state index contributed by atoms with van der Waals surface area (Å²) in [6.07, 6.45) is 2.16. The molecule has 1 fully saturated rings. The Morgan fingerprint density at radius 1 is 1.32 bits per heavy atom. The Bertz CT molecular complexity index is 289. The van der Waals surface area contributed by atoms with Crippen LogP contribution in [-0.4, -0.2) is 58.6 Å². The lowest BCUT2D eigenvalue weighted by Crippen LogP contribution is -2.54. The SMILES string of the molecule is CC(C)CN1CCC(N(CC(=O)O)C(C)(C)C)CC1. The molecule has 0 aliphatic carbocycles. The zero-order valence-electron chi connectivity index (χ0n) is 13.1. The van der Waals surface area contributed by atoms with Crippen molar-refractivity contribution in [2.45, 2.75) is 59.0 Å². The smallest absolute Gasteiger partial charge is 0.317 e. The van der Waals surface area contributed by atoms with E-state index in [1.54, 1.807) is 0 Å². The Kier molecular flexibility index (Phi) is 5.81. The number of carboxylic acid groups (broad SMARTS) is 1. The standard InChI is InChI=1S/C15H30N2O2/c1-12(2)10-16-8-6-13(7-9-16)17(11-14(18)19)15(3,4)5/h12-13H,6-11H2,1-5H3,(H,18,19). The van der Waals surface area contributed by atoms with Crippen LogP contribution in [0.5, 0.6) is 0 Å². The number of nitrogens with zero attached hydrogens (tertiary/aromatic N) is 2. The Hall–Kier alpha value is -0.610. The summed E-state index contributed by atoms with van der Waals surface area (Å²) >= 11 is 0. The average Bonchev–Trinajstić information content (AvgIpc) is 2.25. The van der Waals surface area contributed by atoms with Crippen molar-refractivity contribution in [2.75, 3.05) is 26.2 Å². The number of carboxylic acids is 1. The van der Waals surface area contributed by atoms with Crippen LogP contribution in [-0.2, 0) is 4.79 Å². The van der Waals surface area contributed by atoms with E-state index < -0.39 is 5.97 Å². The summed E-state index contributed by atoms with van der Waals surface area (Å²) in [5.41, 5.74) is -0.0801. The molecule has 0 aromatic heterocycles. The number of carbonyl (C=O) groups is 1. The monoisotopic (exact) mass is 270 g/mol. The van der Waals surface area contributed by atoms with Gasteiger partial charge in [0, 0.05) is 18.1 Å². The van der Waals surface area contributed by atoms with Crippen molar-refractivity contribution in [3.8, 4) is 0 Å². The maximum atomic E-state index is 11.1. The van der Waals surface area contributed by atoms with Gasteiger partial charge in [0.1, 0.15) is 0 Å². The zero-order valence-corrected chi connectivity index (χ0v) is 13.1. The van der Waals surface area contributed by atoms with Gasteiger partial charge in [0.25, 0.3) is 0 Å². The molecular formula is C15H30N2O2. The number of aliphatic carboxylic acids is 1. The fourth-order valence-corrected chi connectivity index (χ4v) is 2.99. The van der Waals surface area contributed by atoms with Crippen LogP contribution in [0.3, 0.4) is 0 Å². The molecule has 1 aliphatic heterocycles. The van der Waals surface area contributed by atoms with Crippen LogP contribution >= 0.6 is 0 Å². The fraction of sp³-hybridized carbons (Fsp3) is 0.933. The Morgan fingerprint density at radius 2 is 1.84 bits per heavy atom. The summed E-state index contributed by atoms with van der Waals surface area (Å²) in [6.45, 7) is 14.3. The molecule has 4 heteroatoms. The summed E-state index contributed by atoms with van der Waals surface area (Å²) in [5, 5.41) is 9.10. The third-order valence-corrected chi connectivity index (χ3v) is 3.79. The van der Waals surface area contributed by atoms with Crippen LogP contribution in [0, 0.1) is 5.92 Å². The molecule has 0 amide bonds. The number of piperidine rings is 1. The first-order chi connectivity index (χ1) is 8.70. The predicted molar refractivity (Wildman–Crippen MR) is 78.4 cm³/mol. The fourth-order valence-electron chi connectivity index (χ4n) is 2.99. The largest absolute Gasteiger partial charge is 0.480 e. The molecular weight excluding hydrogens is 240 g/mol. The minimum absolute atomic E-state index is 0.0801. The van der Waals surface area contributed by atoms with Crippen LogP contribution in [0.1, 0.15) is 47.5 Å². The van der Waals surface area contributed by atoms with E-state index in [2.05, 4.69) is 44.4 Å². The number of rotatable bonds is 5. The summed E-state index contributed by atoms with van der Waals surface area (Å²) in [4.78, 5) is 15.7. The second-order valence-electron chi connectivity index (χ2n) is 7.12. The van der Waals surface area contributed by atoms with Gasteiger partial charge in [0.05, 0.1) is 6.54 Å². The van der Waals surface area contributed by atoms with Gasteiger partial charge >= 0.3 is 5.97 Å². The highest BCUT2D eigenvalue weighted by atomic mass is 16.4. The van der Waals surface area contributed by atoms with Crippen LogP contribution in [0.15, 0.2) is 0 Å². The number of likely N-dealkylation sites (tertiary alicyclic amines) is 1. The van der Waals surface area contributed by atoms with E-state index in [0.717, 1.165) is 32.5 Å². The van der Waals surface area contributed by atoms with Gasteiger partial charge in [-0.05, 0) is 52.6 Å². The minimum Gasteiger partial charge on any atom is -0.480 e. The minimum atomic E-state index is -0.723. The van der Waals surface area contributed by atoms with Gasteiger partial charge in [0.15, 0.2) is 0 Å². The molecule has 1 aliphatic rings. The Morgan fingerprint density at radius 3 is 2.21 bits per heavy atom. The molecule has 0 aromatic rings. The van der Waals surface area contributed by atoms with Crippen LogP contribution < -0.4 is 0 Å². The molecule has 1 saturated heterocycles. The topological polar surface area (TPSA) is 43.8 Å². The molecule has 1 rings (SSSR count). The zero-order chi connectivity index (χ0) is 14.6. The molecule has 0 radical (unpaired) electrons. The third kappa shape index (κ3) is 5.49. The van der Waals surface area contributed by atoms with Crippen molar-refractivity contribution in [2.24, 2.45) is 5.92 Å². The van der Waals surface area contributed by atoms with E-state index in [1.165, 1.54) is 0 Å². The van der Waals surface area contributed by atoms with Crippen molar-refractivity contribution < 1.29 is 9.90 Å². The van der Waals surface area contributed by atoms with Crippen molar-refractivity contribution in [3.05, 3.63) is 0 Å². The second-order valence-corrected chi connectivity index (χ2v) is 7.12. The molecule has 0 aromatic carbocycles. The van der Waals surface area contributed by atoms with Crippen LogP contribution in [0.4, 0.5) is 0 Å². The van der Waals surface area contributed by atoms with E-state index in [-0.39, 0.29) is 12.1 Å². The molecule has 0 saturated carbocycles. The molecule has 0 unspecified atom stereocenters. The first-order valence-corrected chi connectivity index (χ1v) is 7.41. The van der Waals surface area contributed by atoms with E-state index >= 15 is 0 Å². The van der Waals surface area contributed by atoms with Crippen LogP contribution in [0.25, 0.3) is 0 Å². The molecule has 0 spiro atoms. The second kappa shape index (κ2) is 6.71. The highest BCUT2D eigenvalue weighted by Gasteiger charge is 2.32. The summed E-state index contributed by atoms with van der Waals surface area (Å²) < 4.78 is 0. The molecule has 1 heterocycles. The maximum absolute atomic E-state index is 11.1. The normalized spacial score (nSPS) is 19.3. The predicted octanol–water partition coefficient (Wildman–Crippen LogP) is 2.29. The van der Waals surface area contributed by atoms with Gasteiger partial charge in [-0.1, -0.05) is 13.8 Å². The van der Waals surface area contributed by atoms with E-state index in [4.69, 9.17) is 5.11 Å². The van der Waals surface area contributed by atoms with Gasteiger partial charge in [0.2, 0.25) is 0 Å². The quantitative estimate of drug-likeness (QED) is 0.832. The summed E-state index contributed by atoms with van der Waals surface area (Å²) in [6, 6.07) is 0.402. The maximum Gasteiger partial charge on any atom is 0.317 e. The van der Waals surface area contributed by atoms with Crippen molar-refractivity contribution in [3.63, 3.8) is 0 Å². The highest BCUT2D eigenvalue weighted by Crippen LogP contribution is 2.24. The Labute approximate surface area is 117 Å². The van der Waals surface area contributed by atoms with Gasteiger partial charge < -0.3 is 10.0 Å². The van der Waals surface area contributed by atoms with Crippen LogP contribution in [0.2, 0.25) is 0 Å². The van der Waals surface area contributed by atoms with E-state index in [0.29, 0.717) is 12.0 Å². The number of hydrogen-bond acceptors (Lipinski definition) is 3. The molecule has 19 heavy (non-hydrogen) atoms. The molecule has 0 atom stereocenters. The van der Waals surface area contributed by atoms with Crippen molar-refractivity contribution >= 4 is 5.97 Å². The van der Waals surface area contributed by atoms with E-state index in [1.807, 2.05) is 0 Å². The summed E-state index contributed by atoms with van der Waals surface area (Å²) in [5.74, 6) is -0.0196. The van der Waals surface area contributed by atoms with Gasteiger partial charge in [-0.2, -0.15) is 0 Å². The first-order valence-electron chi connectivity index (χ1n) is 7.41. The first kappa shape index (κ1) is 16.4. The molecule has 1 N–H and O–H groups in total. The lowest BCUT2D eigenvalue weighted by Gasteiger charge is -2.44. The van der Waals surface area contributed by atoms with Crippen molar-refractivity contribution in [1.82, 2.24) is 9.80 Å². The average molecular weight is 270 g/mol. The Balaban J connectivity index is 2.57. The van der Waals surface area contributed by atoms with Gasteiger partial charge in [-0.15, -0.1) is 0 Å². The van der Waals surface area contributed by atoms with Crippen molar-refractivity contribution in [1.29, 1.82) is 0 Å². The molecule has 112 valence electrons. The number of hydrogen-bond donors (Lipinski definition) is 1. The third-order valence-electron chi connectivity index (χ3n) is 3.79. The lowest BCUT2D eigenvalue weighted by atomic mass is 9.96. The van der Waals surface area contributed by atoms with Gasteiger partial charge in [-0.25, -0.2) is 0 Å².